The molecule has 1 heterocycles. The zero-order chi connectivity index (χ0) is 19.6. The third-order valence-electron chi connectivity index (χ3n) is 3.62. The Morgan fingerprint density at radius 1 is 1.19 bits per heavy atom. The number of methoxy groups -OCH3 is 1. The first kappa shape index (κ1) is 20.7. The Morgan fingerprint density at radius 2 is 1.96 bits per heavy atom. The van der Waals surface area contributed by atoms with Crippen molar-refractivity contribution in [2.24, 2.45) is 4.99 Å². The van der Waals surface area contributed by atoms with Crippen molar-refractivity contribution < 1.29 is 18.3 Å². The standard InChI is InChI=1S/C18H21ClF2N4O2/c1-22-18(23-8-7-12-4-6-16(19)24-10-12)25-11-13-3-5-14(26-2)15(9-13)27-17(20)21/h3-6,9-10,17H,7-8,11H2,1-2H3,(H2,22,23,25). The minimum absolute atomic E-state index is 0.00927. The van der Waals surface area contributed by atoms with E-state index in [1.807, 2.05) is 6.07 Å². The number of pyridine rings is 1. The molecule has 146 valence electrons. The van der Waals surface area contributed by atoms with Crippen LogP contribution in [-0.2, 0) is 13.0 Å². The van der Waals surface area contributed by atoms with Crippen molar-refractivity contribution in [3.05, 3.63) is 52.8 Å². The van der Waals surface area contributed by atoms with Crippen LogP contribution in [0.1, 0.15) is 11.1 Å². The highest BCUT2D eigenvalue weighted by molar-refractivity contribution is 6.29. The summed E-state index contributed by atoms with van der Waals surface area (Å²) in [6.45, 7) is -1.89. The monoisotopic (exact) mass is 398 g/mol. The van der Waals surface area contributed by atoms with Crippen LogP contribution in [0.4, 0.5) is 8.78 Å². The Kier molecular flexibility index (Phi) is 8.06. The van der Waals surface area contributed by atoms with Crippen molar-refractivity contribution in [2.45, 2.75) is 19.6 Å². The number of ether oxygens (including phenoxy) is 2. The van der Waals surface area contributed by atoms with Gasteiger partial charge in [-0.15, -0.1) is 0 Å². The van der Waals surface area contributed by atoms with Gasteiger partial charge in [0.25, 0.3) is 0 Å². The topological polar surface area (TPSA) is 67.8 Å². The summed E-state index contributed by atoms with van der Waals surface area (Å²) in [5.74, 6) is 0.826. The van der Waals surface area contributed by atoms with Crippen LogP contribution >= 0.6 is 11.6 Å². The van der Waals surface area contributed by atoms with E-state index in [1.54, 1.807) is 31.4 Å². The molecule has 0 aliphatic heterocycles. The van der Waals surface area contributed by atoms with Crippen LogP contribution in [0, 0.1) is 0 Å². The molecule has 0 aliphatic rings. The number of aliphatic imine (C=N–C) groups is 1. The number of nitrogens with one attached hydrogen (secondary N) is 2. The molecule has 2 rings (SSSR count). The van der Waals surface area contributed by atoms with E-state index in [2.05, 4.69) is 25.3 Å². The molecular weight excluding hydrogens is 378 g/mol. The lowest BCUT2D eigenvalue weighted by Crippen LogP contribution is -2.37. The summed E-state index contributed by atoms with van der Waals surface area (Å²) in [5.41, 5.74) is 1.79. The number of alkyl halides is 2. The number of benzene rings is 1. The van der Waals surface area contributed by atoms with E-state index in [1.165, 1.54) is 13.2 Å². The van der Waals surface area contributed by atoms with Crippen LogP contribution in [0.2, 0.25) is 5.15 Å². The van der Waals surface area contributed by atoms with E-state index in [4.69, 9.17) is 16.3 Å². The number of guanidine groups is 1. The number of nitrogens with zero attached hydrogens (tertiary/aromatic N) is 2. The SMILES string of the molecule is CN=C(NCCc1ccc(Cl)nc1)NCc1ccc(OC)c(OC(F)F)c1. The van der Waals surface area contributed by atoms with Gasteiger partial charge in [-0.25, -0.2) is 4.98 Å². The molecule has 0 saturated heterocycles. The van der Waals surface area contributed by atoms with Crippen molar-refractivity contribution in [3.63, 3.8) is 0 Å². The van der Waals surface area contributed by atoms with Gasteiger partial charge in [-0.2, -0.15) is 8.78 Å². The quantitative estimate of drug-likeness (QED) is 0.406. The highest BCUT2D eigenvalue weighted by Gasteiger charge is 2.11. The maximum Gasteiger partial charge on any atom is 0.387 e. The third-order valence-corrected chi connectivity index (χ3v) is 3.85. The first-order valence-electron chi connectivity index (χ1n) is 8.18. The molecule has 0 radical (unpaired) electrons. The summed E-state index contributed by atoms with van der Waals surface area (Å²) in [5, 5.41) is 6.75. The number of halogens is 3. The van der Waals surface area contributed by atoms with E-state index in [-0.39, 0.29) is 11.5 Å². The van der Waals surface area contributed by atoms with Crippen molar-refractivity contribution in [1.82, 2.24) is 15.6 Å². The summed E-state index contributed by atoms with van der Waals surface area (Å²) in [6, 6.07) is 8.50. The Balaban J connectivity index is 1.87. The van der Waals surface area contributed by atoms with Crippen LogP contribution in [0.5, 0.6) is 11.5 Å². The van der Waals surface area contributed by atoms with Gasteiger partial charge in [0.15, 0.2) is 17.5 Å². The fraction of sp³-hybridized carbons (Fsp3) is 0.333. The fourth-order valence-electron chi connectivity index (χ4n) is 2.31. The molecule has 27 heavy (non-hydrogen) atoms. The largest absolute Gasteiger partial charge is 0.493 e. The van der Waals surface area contributed by atoms with Gasteiger partial charge in [-0.05, 0) is 35.7 Å². The highest BCUT2D eigenvalue weighted by Crippen LogP contribution is 2.29. The summed E-state index contributed by atoms with van der Waals surface area (Å²) in [6.07, 6.45) is 2.47. The molecule has 1 aromatic carbocycles. The fourth-order valence-corrected chi connectivity index (χ4v) is 2.42. The van der Waals surface area contributed by atoms with E-state index < -0.39 is 6.61 Å². The molecule has 0 bridgehead atoms. The van der Waals surface area contributed by atoms with Gasteiger partial charge in [0, 0.05) is 26.3 Å². The van der Waals surface area contributed by atoms with Crippen LogP contribution < -0.4 is 20.1 Å². The molecule has 6 nitrogen and oxygen atoms in total. The van der Waals surface area contributed by atoms with Gasteiger partial charge >= 0.3 is 6.61 Å². The first-order chi connectivity index (χ1) is 13.0. The molecule has 0 amide bonds. The Labute approximate surface area is 161 Å². The van der Waals surface area contributed by atoms with Crippen molar-refractivity contribution in [1.29, 1.82) is 0 Å². The molecule has 0 fully saturated rings. The lowest BCUT2D eigenvalue weighted by atomic mass is 10.2. The van der Waals surface area contributed by atoms with E-state index in [0.29, 0.717) is 24.2 Å². The van der Waals surface area contributed by atoms with Crippen molar-refractivity contribution in [3.8, 4) is 11.5 Å². The summed E-state index contributed by atoms with van der Waals surface area (Å²) in [7, 11) is 3.05. The Morgan fingerprint density at radius 3 is 2.59 bits per heavy atom. The predicted octanol–water partition coefficient (Wildman–Crippen LogP) is 3.25. The molecule has 0 spiro atoms. The second-order valence-electron chi connectivity index (χ2n) is 5.46. The molecule has 0 atom stereocenters. The second kappa shape index (κ2) is 10.5. The number of hydrogen-bond acceptors (Lipinski definition) is 4. The Hall–Kier alpha value is -2.61. The van der Waals surface area contributed by atoms with Crippen LogP contribution in [0.25, 0.3) is 0 Å². The molecular formula is C18H21ClF2N4O2. The highest BCUT2D eigenvalue weighted by atomic mass is 35.5. The zero-order valence-electron chi connectivity index (χ0n) is 15.0. The predicted molar refractivity (Wildman–Crippen MR) is 101 cm³/mol. The molecule has 2 N–H and O–H groups in total. The number of aromatic nitrogens is 1. The van der Waals surface area contributed by atoms with E-state index >= 15 is 0 Å². The Bertz CT molecular complexity index is 758. The molecule has 1 aromatic heterocycles. The summed E-state index contributed by atoms with van der Waals surface area (Å²) < 4.78 is 34.5. The van der Waals surface area contributed by atoms with Gasteiger partial charge in [-0.3, -0.25) is 4.99 Å². The van der Waals surface area contributed by atoms with Crippen molar-refractivity contribution >= 4 is 17.6 Å². The average Bonchev–Trinajstić information content (AvgIpc) is 2.65. The second-order valence-corrected chi connectivity index (χ2v) is 5.84. The van der Waals surface area contributed by atoms with Crippen LogP contribution in [-0.4, -0.2) is 38.3 Å². The van der Waals surface area contributed by atoms with Crippen molar-refractivity contribution in [2.75, 3.05) is 20.7 Å². The van der Waals surface area contributed by atoms with Crippen LogP contribution in [0.15, 0.2) is 41.5 Å². The van der Waals surface area contributed by atoms with E-state index in [0.717, 1.165) is 17.5 Å². The zero-order valence-corrected chi connectivity index (χ0v) is 15.8. The number of hydrogen-bond donors (Lipinski definition) is 2. The van der Waals surface area contributed by atoms with Crippen LogP contribution in [0.3, 0.4) is 0 Å². The lowest BCUT2D eigenvalue weighted by Gasteiger charge is -2.14. The van der Waals surface area contributed by atoms with Gasteiger partial charge in [-0.1, -0.05) is 23.7 Å². The normalized spacial score (nSPS) is 11.4. The van der Waals surface area contributed by atoms with Gasteiger partial charge < -0.3 is 20.1 Å². The molecule has 0 aliphatic carbocycles. The number of rotatable bonds is 8. The summed E-state index contributed by atoms with van der Waals surface area (Å²) >= 11 is 5.76. The lowest BCUT2D eigenvalue weighted by molar-refractivity contribution is -0.0512. The summed E-state index contributed by atoms with van der Waals surface area (Å²) in [4.78, 5) is 8.17. The smallest absolute Gasteiger partial charge is 0.387 e. The van der Waals surface area contributed by atoms with Gasteiger partial charge in [0.1, 0.15) is 5.15 Å². The molecule has 0 unspecified atom stereocenters. The molecule has 0 saturated carbocycles. The average molecular weight is 399 g/mol. The maximum atomic E-state index is 12.5. The van der Waals surface area contributed by atoms with Gasteiger partial charge in [0.05, 0.1) is 7.11 Å². The van der Waals surface area contributed by atoms with E-state index in [9.17, 15) is 8.78 Å². The molecule has 9 heteroatoms. The maximum absolute atomic E-state index is 12.5. The first-order valence-corrected chi connectivity index (χ1v) is 8.56. The minimum atomic E-state index is -2.92. The minimum Gasteiger partial charge on any atom is -0.493 e. The molecule has 2 aromatic rings. The third kappa shape index (κ3) is 6.90. The van der Waals surface area contributed by atoms with Gasteiger partial charge in [0.2, 0.25) is 0 Å².